The summed E-state index contributed by atoms with van der Waals surface area (Å²) in [5, 5.41) is 6.06. The van der Waals surface area contributed by atoms with Gasteiger partial charge in [0.1, 0.15) is 6.10 Å². The van der Waals surface area contributed by atoms with Crippen molar-refractivity contribution in [2.24, 2.45) is 0 Å². The van der Waals surface area contributed by atoms with Gasteiger partial charge >= 0.3 is 6.09 Å². The van der Waals surface area contributed by atoms with Crippen LogP contribution in [0, 0.1) is 0 Å². The fourth-order valence-electron chi connectivity index (χ4n) is 4.32. The number of amides is 2. The average molecular weight is 408 g/mol. The van der Waals surface area contributed by atoms with Crippen LogP contribution in [0.1, 0.15) is 44.9 Å². The second kappa shape index (κ2) is 9.65. The third-order valence-electron chi connectivity index (χ3n) is 5.86. The molecule has 1 unspecified atom stereocenters. The van der Waals surface area contributed by atoms with Crippen LogP contribution in [0.2, 0.25) is 0 Å². The van der Waals surface area contributed by atoms with Crippen LogP contribution in [-0.2, 0) is 9.53 Å². The first-order valence-electron chi connectivity index (χ1n) is 10.9. The molecule has 0 radical (unpaired) electrons. The molecule has 1 atom stereocenters. The van der Waals surface area contributed by atoms with Crippen molar-refractivity contribution in [3.05, 3.63) is 54.6 Å². The van der Waals surface area contributed by atoms with Gasteiger partial charge in [-0.05, 0) is 49.2 Å². The first-order chi connectivity index (χ1) is 14.7. The average Bonchev–Trinajstić information content (AvgIpc) is 2.93. The Bertz CT molecular complexity index is 846. The van der Waals surface area contributed by atoms with Crippen LogP contribution in [0.3, 0.4) is 0 Å². The van der Waals surface area contributed by atoms with Gasteiger partial charge in [0.25, 0.3) is 0 Å². The summed E-state index contributed by atoms with van der Waals surface area (Å²) in [4.78, 5) is 26.7. The number of rotatable bonds is 5. The van der Waals surface area contributed by atoms with Gasteiger partial charge in [-0.15, -0.1) is 0 Å². The van der Waals surface area contributed by atoms with Gasteiger partial charge in [-0.1, -0.05) is 43.9 Å². The highest BCUT2D eigenvalue weighted by Crippen LogP contribution is 2.27. The van der Waals surface area contributed by atoms with Crippen molar-refractivity contribution in [3.63, 3.8) is 0 Å². The summed E-state index contributed by atoms with van der Waals surface area (Å²) in [5.74, 6) is 0.107. The standard InChI is InChI=1S/C24H29N3O3/c28-23-16-22(17-27(23)21-10-6-1-2-7-11-21)30-24(29)26-20-14-12-19(13-15-20)25-18-8-4-3-5-9-18/h3-5,8-9,12-15,21-22,25H,1-2,6-7,10-11,16-17H2,(H,26,29). The molecule has 30 heavy (non-hydrogen) atoms. The molecule has 6 nitrogen and oxygen atoms in total. The number of carbonyl (C=O) groups excluding carboxylic acids is 2. The highest BCUT2D eigenvalue weighted by molar-refractivity contribution is 5.86. The quantitative estimate of drug-likeness (QED) is 0.660. The molecular formula is C24H29N3O3. The normalized spacial score (nSPS) is 19.9. The van der Waals surface area contributed by atoms with Gasteiger partial charge in [0.05, 0.1) is 13.0 Å². The maximum absolute atomic E-state index is 12.4. The van der Waals surface area contributed by atoms with Gasteiger partial charge in [-0.2, -0.15) is 0 Å². The van der Waals surface area contributed by atoms with Crippen LogP contribution in [-0.4, -0.2) is 35.6 Å². The molecule has 6 heteroatoms. The molecule has 2 aromatic carbocycles. The van der Waals surface area contributed by atoms with E-state index < -0.39 is 6.09 Å². The highest BCUT2D eigenvalue weighted by Gasteiger charge is 2.36. The van der Waals surface area contributed by atoms with E-state index in [4.69, 9.17) is 4.74 Å². The smallest absolute Gasteiger partial charge is 0.411 e. The lowest BCUT2D eigenvalue weighted by atomic mass is 10.1. The summed E-state index contributed by atoms with van der Waals surface area (Å²) < 4.78 is 5.54. The molecule has 1 saturated carbocycles. The molecule has 1 saturated heterocycles. The highest BCUT2D eigenvalue weighted by atomic mass is 16.6. The Morgan fingerprint density at radius 2 is 1.50 bits per heavy atom. The molecule has 1 aliphatic heterocycles. The first-order valence-corrected chi connectivity index (χ1v) is 10.9. The Kier molecular flexibility index (Phi) is 6.52. The van der Waals surface area contributed by atoms with Crippen LogP contribution >= 0.6 is 0 Å². The van der Waals surface area contributed by atoms with E-state index in [2.05, 4.69) is 10.6 Å². The minimum atomic E-state index is -0.515. The van der Waals surface area contributed by atoms with Gasteiger partial charge in [-0.25, -0.2) is 4.79 Å². The van der Waals surface area contributed by atoms with Gasteiger partial charge in [0.15, 0.2) is 0 Å². The lowest BCUT2D eigenvalue weighted by molar-refractivity contribution is -0.129. The maximum Gasteiger partial charge on any atom is 0.411 e. The number of hydrogen-bond acceptors (Lipinski definition) is 4. The van der Waals surface area contributed by atoms with Crippen molar-refractivity contribution in [1.82, 2.24) is 4.90 Å². The van der Waals surface area contributed by atoms with E-state index in [1.165, 1.54) is 25.7 Å². The summed E-state index contributed by atoms with van der Waals surface area (Å²) >= 11 is 0. The van der Waals surface area contributed by atoms with E-state index in [-0.39, 0.29) is 18.4 Å². The minimum absolute atomic E-state index is 0.107. The summed E-state index contributed by atoms with van der Waals surface area (Å²) in [5.41, 5.74) is 2.59. The molecule has 4 rings (SSSR count). The molecule has 0 spiro atoms. The lowest BCUT2D eigenvalue weighted by Gasteiger charge is -2.26. The van der Waals surface area contributed by atoms with E-state index in [1.54, 1.807) is 0 Å². The molecular weight excluding hydrogens is 378 g/mol. The molecule has 1 aliphatic carbocycles. The zero-order valence-electron chi connectivity index (χ0n) is 17.2. The zero-order valence-corrected chi connectivity index (χ0v) is 17.2. The molecule has 1 heterocycles. The largest absolute Gasteiger partial charge is 0.444 e. The van der Waals surface area contributed by atoms with Crippen LogP contribution in [0.25, 0.3) is 0 Å². The number of nitrogens with zero attached hydrogens (tertiary/aromatic N) is 1. The zero-order chi connectivity index (χ0) is 20.8. The van der Waals surface area contributed by atoms with Crippen molar-refractivity contribution in [1.29, 1.82) is 0 Å². The van der Waals surface area contributed by atoms with Crippen molar-refractivity contribution < 1.29 is 14.3 Å². The lowest BCUT2D eigenvalue weighted by Crippen LogP contribution is -2.37. The number of ether oxygens (including phenoxy) is 1. The van der Waals surface area contributed by atoms with Crippen molar-refractivity contribution in [2.45, 2.75) is 57.1 Å². The van der Waals surface area contributed by atoms with E-state index in [0.717, 1.165) is 24.2 Å². The van der Waals surface area contributed by atoms with E-state index in [1.807, 2.05) is 59.5 Å². The number of benzene rings is 2. The molecule has 158 valence electrons. The first kappa shape index (κ1) is 20.3. The Hall–Kier alpha value is -3.02. The fraction of sp³-hybridized carbons (Fsp3) is 0.417. The van der Waals surface area contributed by atoms with Gasteiger partial charge in [0.2, 0.25) is 5.91 Å². The van der Waals surface area contributed by atoms with Gasteiger partial charge < -0.3 is 15.0 Å². The van der Waals surface area contributed by atoms with Crippen molar-refractivity contribution >= 4 is 29.1 Å². The van der Waals surface area contributed by atoms with Crippen LogP contribution in [0.15, 0.2) is 54.6 Å². The van der Waals surface area contributed by atoms with Crippen LogP contribution in [0.4, 0.5) is 21.9 Å². The number of nitrogens with one attached hydrogen (secondary N) is 2. The Morgan fingerprint density at radius 1 is 0.867 bits per heavy atom. The minimum Gasteiger partial charge on any atom is -0.444 e. The number of para-hydroxylation sites is 1. The Labute approximate surface area is 177 Å². The fourth-order valence-corrected chi connectivity index (χ4v) is 4.32. The Morgan fingerprint density at radius 3 is 2.20 bits per heavy atom. The van der Waals surface area contributed by atoms with E-state index in [0.29, 0.717) is 18.3 Å². The number of anilines is 3. The van der Waals surface area contributed by atoms with Crippen LogP contribution in [0.5, 0.6) is 0 Å². The third-order valence-corrected chi connectivity index (χ3v) is 5.86. The molecule has 2 aliphatic rings. The molecule has 2 aromatic rings. The van der Waals surface area contributed by atoms with Crippen molar-refractivity contribution in [2.75, 3.05) is 17.2 Å². The number of hydrogen-bond donors (Lipinski definition) is 2. The van der Waals surface area contributed by atoms with Gasteiger partial charge in [0, 0.05) is 23.1 Å². The number of carbonyl (C=O) groups is 2. The summed E-state index contributed by atoms with van der Waals surface area (Å²) in [6.07, 6.45) is 6.37. The summed E-state index contributed by atoms with van der Waals surface area (Å²) in [6, 6.07) is 17.6. The van der Waals surface area contributed by atoms with Crippen LogP contribution < -0.4 is 10.6 Å². The predicted octanol–water partition coefficient (Wildman–Crippen LogP) is 5.30. The Balaban J connectivity index is 1.27. The van der Waals surface area contributed by atoms with Gasteiger partial charge in [-0.3, -0.25) is 10.1 Å². The second-order valence-electron chi connectivity index (χ2n) is 8.12. The second-order valence-corrected chi connectivity index (χ2v) is 8.12. The van der Waals surface area contributed by atoms with E-state index in [9.17, 15) is 9.59 Å². The number of likely N-dealkylation sites (tertiary alicyclic amines) is 1. The predicted molar refractivity (Wildman–Crippen MR) is 118 cm³/mol. The monoisotopic (exact) mass is 407 g/mol. The summed E-state index contributed by atoms with van der Waals surface area (Å²) in [6.45, 7) is 0.511. The molecule has 2 amide bonds. The molecule has 2 fully saturated rings. The maximum atomic E-state index is 12.4. The van der Waals surface area contributed by atoms with E-state index >= 15 is 0 Å². The SMILES string of the molecule is O=C(Nc1ccc(Nc2ccccc2)cc1)OC1CC(=O)N(C2CCCCCC2)C1. The van der Waals surface area contributed by atoms with Crippen molar-refractivity contribution in [3.8, 4) is 0 Å². The summed E-state index contributed by atoms with van der Waals surface area (Å²) in [7, 11) is 0. The molecule has 2 N–H and O–H groups in total. The topological polar surface area (TPSA) is 70.7 Å². The molecule has 0 aromatic heterocycles. The molecule has 0 bridgehead atoms. The third kappa shape index (κ3) is 5.32.